The van der Waals surface area contributed by atoms with Crippen molar-refractivity contribution in [3.05, 3.63) is 35.2 Å². The molecule has 3 aliphatic rings. The van der Waals surface area contributed by atoms with Gasteiger partial charge < -0.3 is 38.1 Å². The Balaban J connectivity index is 1.30. The average Bonchev–Trinajstić information content (AvgIpc) is 3.48. The SMILES string of the molecule is CC(=O)OC[C@H]1O[C@H](OC[C@H]2O[C@@H](n3cnc4c(=O)[nH]cnc43)[C@@H]3OC(C)(C)O[C@@H]32)C=C[C@@H]1OC(C)=O. The quantitative estimate of drug-likeness (QED) is 0.394. The Morgan fingerprint density at radius 2 is 1.84 bits per heavy atom. The number of nitrogens with zero attached hydrogens (tertiary/aromatic N) is 3. The summed E-state index contributed by atoms with van der Waals surface area (Å²) in [7, 11) is 0. The predicted octanol–water partition coefficient (Wildman–Crippen LogP) is 0.330. The van der Waals surface area contributed by atoms with Gasteiger partial charge in [0.1, 0.15) is 37.1 Å². The summed E-state index contributed by atoms with van der Waals surface area (Å²) in [4.78, 5) is 45.7. The van der Waals surface area contributed by atoms with E-state index in [1.807, 2.05) is 0 Å². The number of rotatable bonds is 7. The second-order valence-corrected chi connectivity index (χ2v) is 9.32. The largest absolute Gasteiger partial charge is 0.463 e. The molecule has 200 valence electrons. The molecule has 0 unspecified atom stereocenters. The third-order valence-electron chi connectivity index (χ3n) is 6.08. The molecule has 1 N–H and O–H groups in total. The third-order valence-corrected chi connectivity index (χ3v) is 6.08. The van der Waals surface area contributed by atoms with Gasteiger partial charge in [-0.15, -0.1) is 0 Å². The van der Waals surface area contributed by atoms with Crippen LogP contribution in [-0.4, -0.2) is 87.3 Å². The number of aromatic amines is 1. The van der Waals surface area contributed by atoms with Gasteiger partial charge in [0, 0.05) is 13.8 Å². The number of carbonyl (C=O) groups excluding carboxylic acids is 2. The molecule has 7 atom stereocenters. The number of carbonyl (C=O) groups is 2. The van der Waals surface area contributed by atoms with Crippen molar-refractivity contribution in [3.63, 3.8) is 0 Å². The summed E-state index contributed by atoms with van der Waals surface area (Å²) in [6.07, 6.45) is 1.47. The lowest BCUT2D eigenvalue weighted by Gasteiger charge is -2.32. The standard InChI is InChI=1S/C23H28N4O10/c1-11(28)31-7-14-13(33-12(2)29)5-6-16(34-14)32-8-15-18-19(37-23(3,4)36-18)22(35-15)27-10-26-17-20(27)24-9-25-21(17)30/h5-6,9-10,13-16,18-19,22H,7-8H2,1-4H3,(H,24,25,30)/t13-,14+,15+,16-,18+,19+,22+/m0/s1. The van der Waals surface area contributed by atoms with Crippen LogP contribution in [-0.2, 0) is 42.7 Å². The van der Waals surface area contributed by atoms with Crippen LogP contribution in [0.2, 0.25) is 0 Å². The van der Waals surface area contributed by atoms with Gasteiger partial charge in [-0.3, -0.25) is 19.0 Å². The summed E-state index contributed by atoms with van der Waals surface area (Å²) < 4.78 is 42.3. The Labute approximate surface area is 210 Å². The topological polar surface area (TPSA) is 162 Å². The van der Waals surface area contributed by atoms with Crippen LogP contribution < -0.4 is 5.56 Å². The van der Waals surface area contributed by atoms with E-state index >= 15 is 0 Å². The van der Waals surface area contributed by atoms with Crippen molar-refractivity contribution in [1.29, 1.82) is 0 Å². The van der Waals surface area contributed by atoms with Crippen molar-refractivity contribution < 1.29 is 42.7 Å². The summed E-state index contributed by atoms with van der Waals surface area (Å²) in [5.41, 5.74) is 0.173. The fourth-order valence-corrected chi connectivity index (χ4v) is 4.61. The zero-order chi connectivity index (χ0) is 26.3. The molecule has 0 bridgehead atoms. The number of hydrogen-bond donors (Lipinski definition) is 1. The zero-order valence-corrected chi connectivity index (χ0v) is 20.7. The molecule has 0 amide bonds. The van der Waals surface area contributed by atoms with Crippen molar-refractivity contribution in [2.45, 2.75) is 76.5 Å². The van der Waals surface area contributed by atoms with Gasteiger partial charge in [0.15, 0.2) is 29.5 Å². The Kier molecular flexibility index (Phi) is 6.85. The van der Waals surface area contributed by atoms with Crippen LogP contribution in [0.15, 0.2) is 29.6 Å². The maximum Gasteiger partial charge on any atom is 0.303 e. The molecule has 14 nitrogen and oxygen atoms in total. The second-order valence-electron chi connectivity index (χ2n) is 9.32. The zero-order valence-electron chi connectivity index (χ0n) is 20.7. The molecule has 0 aliphatic carbocycles. The Morgan fingerprint density at radius 1 is 1.05 bits per heavy atom. The highest BCUT2D eigenvalue weighted by Gasteiger charge is 2.56. The fraction of sp³-hybridized carbons (Fsp3) is 0.609. The molecule has 2 fully saturated rings. The van der Waals surface area contributed by atoms with Gasteiger partial charge in [0.25, 0.3) is 5.56 Å². The maximum absolute atomic E-state index is 12.1. The molecule has 3 aliphatic heterocycles. The van der Waals surface area contributed by atoms with Gasteiger partial charge in [0.05, 0.1) is 19.3 Å². The second kappa shape index (κ2) is 9.95. The monoisotopic (exact) mass is 520 g/mol. The summed E-state index contributed by atoms with van der Waals surface area (Å²) in [6.45, 7) is 6.11. The first-order valence-corrected chi connectivity index (χ1v) is 11.8. The van der Waals surface area contributed by atoms with E-state index in [1.165, 1.54) is 26.5 Å². The molecule has 2 saturated heterocycles. The molecule has 2 aromatic heterocycles. The predicted molar refractivity (Wildman–Crippen MR) is 122 cm³/mol. The van der Waals surface area contributed by atoms with Gasteiger partial charge in [-0.05, 0) is 26.0 Å². The average molecular weight is 520 g/mol. The van der Waals surface area contributed by atoms with Gasteiger partial charge >= 0.3 is 11.9 Å². The number of H-pyrrole nitrogens is 1. The normalized spacial score (nSPS) is 32.4. The maximum atomic E-state index is 12.1. The first-order chi connectivity index (χ1) is 17.6. The van der Waals surface area contributed by atoms with Crippen molar-refractivity contribution >= 4 is 23.1 Å². The van der Waals surface area contributed by atoms with Crippen molar-refractivity contribution in [3.8, 4) is 0 Å². The minimum absolute atomic E-state index is 0.0608. The van der Waals surface area contributed by atoms with Crippen LogP contribution in [0.1, 0.15) is 33.9 Å². The highest BCUT2D eigenvalue weighted by atomic mass is 16.8. The minimum Gasteiger partial charge on any atom is -0.463 e. The van der Waals surface area contributed by atoms with Gasteiger partial charge in [0.2, 0.25) is 0 Å². The van der Waals surface area contributed by atoms with Gasteiger partial charge in [-0.25, -0.2) is 9.97 Å². The molecule has 5 heterocycles. The fourth-order valence-electron chi connectivity index (χ4n) is 4.61. The van der Waals surface area contributed by atoms with E-state index in [2.05, 4.69) is 15.0 Å². The number of nitrogens with one attached hydrogen (secondary N) is 1. The summed E-state index contributed by atoms with van der Waals surface area (Å²) in [6, 6.07) is 0. The summed E-state index contributed by atoms with van der Waals surface area (Å²) >= 11 is 0. The lowest BCUT2D eigenvalue weighted by molar-refractivity contribution is -0.224. The van der Waals surface area contributed by atoms with Crippen LogP contribution in [0.4, 0.5) is 0 Å². The van der Waals surface area contributed by atoms with Crippen LogP contribution in [0.25, 0.3) is 11.2 Å². The van der Waals surface area contributed by atoms with Crippen molar-refractivity contribution in [2.24, 2.45) is 0 Å². The van der Waals surface area contributed by atoms with E-state index in [0.29, 0.717) is 5.65 Å². The minimum atomic E-state index is -0.871. The van der Waals surface area contributed by atoms with E-state index in [0.717, 1.165) is 0 Å². The highest BCUT2D eigenvalue weighted by molar-refractivity contribution is 5.69. The highest BCUT2D eigenvalue weighted by Crippen LogP contribution is 2.43. The number of esters is 2. The first-order valence-electron chi connectivity index (χ1n) is 11.8. The molecule has 0 aromatic carbocycles. The smallest absolute Gasteiger partial charge is 0.303 e. The number of ether oxygens (including phenoxy) is 7. The van der Waals surface area contributed by atoms with E-state index in [4.69, 9.17) is 33.2 Å². The molecular formula is C23H28N4O10. The van der Waals surface area contributed by atoms with Gasteiger partial charge in [-0.2, -0.15) is 0 Å². The van der Waals surface area contributed by atoms with Crippen LogP contribution in [0.3, 0.4) is 0 Å². The van der Waals surface area contributed by atoms with Crippen LogP contribution >= 0.6 is 0 Å². The Morgan fingerprint density at radius 3 is 2.59 bits per heavy atom. The Hall–Kier alpha value is -3.17. The molecule has 0 saturated carbocycles. The Bertz CT molecular complexity index is 1260. The number of aromatic nitrogens is 4. The molecule has 0 radical (unpaired) electrons. The molecule has 14 heteroatoms. The lowest BCUT2D eigenvalue weighted by Crippen LogP contribution is -2.43. The summed E-state index contributed by atoms with van der Waals surface area (Å²) in [5, 5.41) is 0. The molecule has 37 heavy (non-hydrogen) atoms. The lowest BCUT2D eigenvalue weighted by atomic mass is 10.1. The third kappa shape index (κ3) is 5.29. The first kappa shape index (κ1) is 25.5. The molecule has 2 aromatic rings. The van der Waals surface area contributed by atoms with E-state index in [9.17, 15) is 14.4 Å². The number of hydrogen-bond acceptors (Lipinski definition) is 12. The molecular weight excluding hydrogens is 492 g/mol. The number of imidazole rings is 1. The van der Waals surface area contributed by atoms with Crippen molar-refractivity contribution in [2.75, 3.05) is 13.2 Å². The van der Waals surface area contributed by atoms with E-state index < -0.39 is 60.8 Å². The van der Waals surface area contributed by atoms with Crippen molar-refractivity contribution in [1.82, 2.24) is 19.5 Å². The van der Waals surface area contributed by atoms with Crippen LogP contribution in [0, 0.1) is 0 Å². The molecule has 0 spiro atoms. The number of fused-ring (bicyclic) bond motifs is 2. The summed E-state index contributed by atoms with van der Waals surface area (Å²) in [5.74, 6) is -1.85. The van der Waals surface area contributed by atoms with E-state index in [-0.39, 0.29) is 24.3 Å². The van der Waals surface area contributed by atoms with E-state index in [1.54, 1.807) is 30.6 Å². The molecule has 5 rings (SSSR count). The van der Waals surface area contributed by atoms with Crippen LogP contribution in [0.5, 0.6) is 0 Å². The van der Waals surface area contributed by atoms with Gasteiger partial charge in [-0.1, -0.05) is 0 Å².